The second kappa shape index (κ2) is 10.7. The number of nitrogens with one attached hydrogen (secondary N) is 2. The molecule has 0 radical (unpaired) electrons. The summed E-state index contributed by atoms with van der Waals surface area (Å²) in [6.07, 6.45) is 0. The van der Waals surface area contributed by atoms with E-state index in [0.29, 0.717) is 24.7 Å². The van der Waals surface area contributed by atoms with Crippen LogP contribution in [0.2, 0.25) is 0 Å². The molecule has 0 bridgehead atoms. The van der Waals surface area contributed by atoms with Crippen LogP contribution < -0.4 is 20.1 Å². The van der Waals surface area contributed by atoms with Gasteiger partial charge in [0, 0.05) is 13.7 Å². The highest BCUT2D eigenvalue weighted by Gasteiger charge is 2.06. The van der Waals surface area contributed by atoms with Crippen LogP contribution in [0, 0.1) is 0 Å². The van der Waals surface area contributed by atoms with Crippen LogP contribution in [0.15, 0.2) is 54.6 Å². The van der Waals surface area contributed by atoms with Gasteiger partial charge < -0.3 is 24.8 Å². The molecule has 0 fully saturated rings. The molecule has 0 aliphatic carbocycles. The number of carbonyl (C=O) groups excluding carboxylic acids is 2. The van der Waals surface area contributed by atoms with E-state index in [1.54, 1.807) is 31.4 Å². The van der Waals surface area contributed by atoms with Crippen molar-refractivity contribution < 1.29 is 23.8 Å². The van der Waals surface area contributed by atoms with Gasteiger partial charge in [-0.25, -0.2) is 0 Å². The minimum Gasteiger partial charge on any atom is -0.484 e. The number of benzene rings is 2. The number of hydrogen-bond acceptors (Lipinski definition) is 5. The van der Waals surface area contributed by atoms with Gasteiger partial charge in [-0.15, -0.1) is 0 Å². The molecule has 0 saturated carbocycles. The smallest absolute Gasteiger partial charge is 0.258 e. The van der Waals surface area contributed by atoms with Gasteiger partial charge in [0.15, 0.2) is 6.61 Å². The molecule has 0 unspecified atom stereocenters. The van der Waals surface area contributed by atoms with Crippen molar-refractivity contribution in [2.45, 2.75) is 0 Å². The van der Waals surface area contributed by atoms with E-state index in [2.05, 4.69) is 10.6 Å². The third kappa shape index (κ3) is 7.23. The van der Waals surface area contributed by atoms with Crippen LogP contribution in [0.5, 0.6) is 17.2 Å². The van der Waals surface area contributed by atoms with Gasteiger partial charge in [0.05, 0.1) is 13.2 Å². The van der Waals surface area contributed by atoms with Crippen molar-refractivity contribution in [1.29, 1.82) is 0 Å². The van der Waals surface area contributed by atoms with Crippen LogP contribution in [-0.2, 0) is 14.3 Å². The predicted octanol–water partition coefficient (Wildman–Crippen LogP) is 1.74. The lowest BCUT2D eigenvalue weighted by Gasteiger charge is -2.09. The number of hydrogen-bond donors (Lipinski definition) is 2. The summed E-state index contributed by atoms with van der Waals surface area (Å²) >= 11 is 0. The Kier molecular flexibility index (Phi) is 7.95. The van der Waals surface area contributed by atoms with E-state index in [1.807, 2.05) is 30.3 Å². The van der Waals surface area contributed by atoms with E-state index in [-0.39, 0.29) is 25.0 Å². The summed E-state index contributed by atoms with van der Waals surface area (Å²) in [5, 5.41) is 5.09. The van der Waals surface area contributed by atoms with Crippen LogP contribution in [-0.4, -0.2) is 45.2 Å². The van der Waals surface area contributed by atoms with Crippen molar-refractivity contribution in [3.8, 4) is 17.2 Å². The van der Waals surface area contributed by atoms with Crippen molar-refractivity contribution in [1.82, 2.24) is 10.6 Å². The Labute approximate surface area is 152 Å². The first-order valence-corrected chi connectivity index (χ1v) is 8.15. The molecule has 2 amide bonds. The van der Waals surface area contributed by atoms with Gasteiger partial charge >= 0.3 is 0 Å². The topological polar surface area (TPSA) is 85.9 Å². The fourth-order valence-electron chi connectivity index (χ4n) is 1.96. The van der Waals surface area contributed by atoms with Crippen LogP contribution >= 0.6 is 0 Å². The SMILES string of the molecule is COCCNC(=O)CNC(=O)COc1ccc(Oc2ccccc2)cc1. The molecular formula is C19H22N2O5. The summed E-state index contributed by atoms with van der Waals surface area (Å²) in [5.41, 5.74) is 0. The average Bonchev–Trinajstić information content (AvgIpc) is 2.67. The summed E-state index contributed by atoms with van der Waals surface area (Å²) in [6, 6.07) is 16.4. The van der Waals surface area contributed by atoms with Crippen molar-refractivity contribution in [3.63, 3.8) is 0 Å². The summed E-state index contributed by atoms with van der Waals surface area (Å²) in [5.74, 6) is 1.28. The number of rotatable bonds is 10. The minimum atomic E-state index is -0.378. The summed E-state index contributed by atoms with van der Waals surface area (Å²) in [4.78, 5) is 23.1. The van der Waals surface area contributed by atoms with Gasteiger partial charge in [0.2, 0.25) is 5.91 Å². The lowest BCUT2D eigenvalue weighted by Crippen LogP contribution is -2.39. The summed E-state index contributed by atoms with van der Waals surface area (Å²) < 4.78 is 15.9. The van der Waals surface area contributed by atoms with E-state index < -0.39 is 0 Å². The molecule has 26 heavy (non-hydrogen) atoms. The van der Waals surface area contributed by atoms with Crippen molar-refractivity contribution in [2.24, 2.45) is 0 Å². The Morgan fingerprint density at radius 2 is 1.50 bits per heavy atom. The molecule has 138 valence electrons. The van der Waals surface area contributed by atoms with Crippen LogP contribution in [0.25, 0.3) is 0 Å². The zero-order valence-electron chi connectivity index (χ0n) is 14.6. The molecule has 7 nitrogen and oxygen atoms in total. The van der Waals surface area contributed by atoms with Crippen LogP contribution in [0.1, 0.15) is 0 Å². The van der Waals surface area contributed by atoms with E-state index in [9.17, 15) is 9.59 Å². The Hall–Kier alpha value is -3.06. The molecule has 0 aromatic heterocycles. The molecule has 0 aliphatic heterocycles. The van der Waals surface area contributed by atoms with Gasteiger partial charge in [-0.05, 0) is 36.4 Å². The third-order valence-corrected chi connectivity index (χ3v) is 3.25. The van der Waals surface area contributed by atoms with Gasteiger partial charge in [0.1, 0.15) is 17.2 Å². The Morgan fingerprint density at radius 1 is 0.846 bits per heavy atom. The lowest BCUT2D eigenvalue weighted by atomic mass is 10.3. The van der Waals surface area contributed by atoms with E-state index in [1.165, 1.54) is 0 Å². The number of para-hydroxylation sites is 1. The Balaban J connectivity index is 1.68. The first-order valence-electron chi connectivity index (χ1n) is 8.15. The van der Waals surface area contributed by atoms with E-state index >= 15 is 0 Å². The highest BCUT2D eigenvalue weighted by Crippen LogP contribution is 2.23. The zero-order valence-corrected chi connectivity index (χ0v) is 14.6. The summed E-state index contributed by atoms with van der Waals surface area (Å²) in [6.45, 7) is 0.548. The van der Waals surface area contributed by atoms with Gasteiger partial charge in [-0.2, -0.15) is 0 Å². The largest absolute Gasteiger partial charge is 0.484 e. The quantitative estimate of drug-likeness (QED) is 0.632. The molecule has 0 saturated heterocycles. The molecule has 0 spiro atoms. The molecule has 2 aromatic carbocycles. The normalized spacial score (nSPS) is 10.0. The molecule has 2 rings (SSSR count). The van der Waals surface area contributed by atoms with Crippen LogP contribution in [0.3, 0.4) is 0 Å². The van der Waals surface area contributed by atoms with Crippen molar-refractivity contribution >= 4 is 11.8 Å². The fraction of sp³-hybridized carbons (Fsp3) is 0.263. The number of methoxy groups -OCH3 is 1. The summed E-state index contributed by atoms with van der Waals surface area (Å²) in [7, 11) is 1.55. The Bertz CT molecular complexity index is 689. The van der Waals surface area contributed by atoms with Crippen LogP contribution in [0.4, 0.5) is 0 Å². The minimum absolute atomic E-state index is 0.101. The molecule has 7 heteroatoms. The van der Waals surface area contributed by atoms with E-state index in [0.717, 1.165) is 5.75 Å². The second-order valence-electron chi connectivity index (χ2n) is 5.29. The molecular weight excluding hydrogens is 336 g/mol. The molecule has 2 aromatic rings. The maximum absolute atomic E-state index is 11.7. The maximum Gasteiger partial charge on any atom is 0.258 e. The monoisotopic (exact) mass is 358 g/mol. The highest BCUT2D eigenvalue weighted by molar-refractivity contribution is 5.85. The number of ether oxygens (including phenoxy) is 3. The first-order chi connectivity index (χ1) is 12.7. The van der Waals surface area contributed by atoms with E-state index in [4.69, 9.17) is 14.2 Å². The first kappa shape index (κ1) is 19.3. The average molecular weight is 358 g/mol. The molecule has 0 heterocycles. The molecule has 0 atom stereocenters. The van der Waals surface area contributed by atoms with Crippen molar-refractivity contribution in [2.75, 3.05) is 33.4 Å². The predicted molar refractivity (Wildman–Crippen MR) is 96.3 cm³/mol. The van der Waals surface area contributed by atoms with Gasteiger partial charge in [-0.3, -0.25) is 9.59 Å². The third-order valence-electron chi connectivity index (χ3n) is 3.25. The van der Waals surface area contributed by atoms with Gasteiger partial charge in [0.25, 0.3) is 5.91 Å². The fourth-order valence-corrected chi connectivity index (χ4v) is 1.96. The van der Waals surface area contributed by atoms with Crippen molar-refractivity contribution in [3.05, 3.63) is 54.6 Å². The highest BCUT2D eigenvalue weighted by atomic mass is 16.5. The molecule has 2 N–H and O–H groups in total. The number of carbonyl (C=O) groups is 2. The molecule has 0 aliphatic rings. The maximum atomic E-state index is 11.7. The standard InChI is InChI=1S/C19H22N2O5/c1-24-12-11-20-18(22)13-21-19(23)14-25-15-7-9-17(10-8-15)26-16-5-3-2-4-6-16/h2-10H,11-14H2,1H3,(H,20,22)(H,21,23). The number of amides is 2. The zero-order chi connectivity index (χ0) is 18.6. The second-order valence-corrected chi connectivity index (χ2v) is 5.29. The van der Waals surface area contributed by atoms with Gasteiger partial charge in [-0.1, -0.05) is 18.2 Å². The Morgan fingerprint density at radius 3 is 2.19 bits per heavy atom. The lowest BCUT2D eigenvalue weighted by molar-refractivity contribution is -0.127.